The molecule has 0 atom stereocenters. The number of ketones is 1. The normalized spacial score (nSPS) is 11.2. The average Bonchev–Trinajstić information content (AvgIpc) is 2.88. The zero-order chi connectivity index (χ0) is 26.1. The molecule has 0 amide bonds. The molecular formula is C32H54O4. The molecule has 206 valence electrons. The van der Waals surface area contributed by atoms with Gasteiger partial charge in [-0.3, -0.25) is 9.59 Å². The minimum Gasteiger partial charge on any atom is -0.466 e. The monoisotopic (exact) mass is 502 g/mol. The zero-order valence-corrected chi connectivity index (χ0v) is 23.4. The number of unbranched alkanes of at least 4 members (excludes halogenated alkanes) is 8. The number of Topliss-reactive ketones (excluding diaryl/α,β-unsaturated/α-hetero) is 1. The van der Waals surface area contributed by atoms with E-state index in [9.17, 15) is 9.59 Å². The van der Waals surface area contributed by atoms with Crippen LogP contribution in [-0.4, -0.2) is 25.0 Å². The quantitative estimate of drug-likeness (QED) is 0.0988. The van der Waals surface area contributed by atoms with Crippen LogP contribution in [0.2, 0.25) is 0 Å². The van der Waals surface area contributed by atoms with Gasteiger partial charge in [0.15, 0.2) is 0 Å². The molecule has 0 spiro atoms. The van der Waals surface area contributed by atoms with Gasteiger partial charge in [0, 0.05) is 25.9 Å². The Balaban J connectivity index is 1.94. The van der Waals surface area contributed by atoms with Gasteiger partial charge in [-0.25, -0.2) is 0 Å². The van der Waals surface area contributed by atoms with E-state index in [1.165, 1.54) is 56.9 Å². The molecule has 4 heteroatoms. The summed E-state index contributed by atoms with van der Waals surface area (Å²) < 4.78 is 11.2. The van der Waals surface area contributed by atoms with Gasteiger partial charge < -0.3 is 9.47 Å². The van der Waals surface area contributed by atoms with E-state index in [4.69, 9.17) is 9.47 Å². The maximum absolute atomic E-state index is 12.1. The van der Waals surface area contributed by atoms with E-state index in [1.54, 1.807) is 0 Å². The van der Waals surface area contributed by atoms with Gasteiger partial charge in [0.2, 0.25) is 0 Å². The van der Waals surface area contributed by atoms with E-state index in [2.05, 4.69) is 26.0 Å². The van der Waals surface area contributed by atoms with E-state index in [1.807, 2.05) is 18.2 Å². The molecule has 0 aliphatic heterocycles. The third-order valence-corrected chi connectivity index (χ3v) is 6.91. The fourth-order valence-electron chi connectivity index (χ4n) is 4.59. The third kappa shape index (κ3) is 19.5. The molecule has 4 nitrogen and oxygen atoms in total. The first-order valence-electron chi connectivity index (χ1n) is 14.9. The number of rotatable bonds is 25. The highest BCUT2D eigenvalue weighted by Gasteiger charge is 2.10. The first kappa shape index (κ1) is 32.3. The Hall–Kier alpha value is -1.68. The van der Waals surface area contributed by atoms with Crippen LogP contribution in [0.5, 0.6) is 0 Å². The molecule has 1 aromatic rings. The Bertz CT molecular complexity index is 633. The first-order chi connectivity index (χ1) is 17.7. The highest BCUT2D eigenvalue weighted by atomic mass is 16.5. The number of esters is 1. The molecule has 1 rings (SSSR count). The fraction of sp³-hybridized carbons (Fsp3) is 0.750. The zero-order valence-electron chi connectivity index (χ0n) is 23.4. The van der Waals surface area contributed by atoms with Crippen molar-refractivity contribution in [3.05, 3.63) is 35.9 Å². The molecule has 0 N–H and O–H groups in total. The van der Waals surface area contributed by atoms with Crippen molar-refractivity contribution in [3.63, 3.8) is 0 Å². The molecule has 0 aliphatic rings. The van der Waals surface area contributed by atoms with Crippen LogP contribution in [0.15, 0.2) is 30.3 Å². The van der Waals surface area contributed by atoms with Crippen molar-refractivity contribution < 1.29 is 19.1 Å². The lowest BCUT2D eigenvalue weighted by atomic mass is 9.92. The smallest absolute Gasteiger partial charge is 0.305 e. The second-order valence-corrected chi connectivity index (χ2v) is 10.3. The predicted octanol–water partition coefficient (Wildman–Crippen LogP) is 8.99. The summed E-state index contributed by atoms with van der Waals surface area (Å²) in [5, 5.41) is 0. The van der Waals surface area contributed by atoms with Crippen molar-refractivity contribution in [1.29, 1.82) is 0 Å². The van der Waals surface area contributed by atoms with Crippen LogP contribution in [0.25, 0.3) is 0 Å². The first-order valence-corrected chi connectivity index (χ1v) is 14.9. The second kappa shape index (κ2) is 23.7. The van der Waals surface area contributed by atoms with Gasteiger partial charge in [-0.2, -0.15) is 0 Å². The van der Waals surface area contributed by atoms with Gasteiger partial charge in [0.1, 0.15) is 5.78 Å². The van der Waals surface area contributed by atoms with Crippen LogP contribution in [-0.2, 0) is 25.7 Å². The molecule has 0 unspecified atom stereocenters. The van der Waals surface area contributed by atoms with Crippen LogP contribution >= 0.6 is 0 Å². The van der Waals surface area contributed by atoms with Gasteiger partial charge in [0.25, 0.3) is 0 Å². The number of carbonyl (C=O) groups is 2. The summed E-state index contributed by atoms with van der Waals surface area (Å²) in [6, 6.07) is 10.1. The van der Waals surface area contributed by atoms with Crippen molar-refractivity contribution in [2.75, 3.05) is 13.2 Å². The van der Waals surface area contributed by atoms with Crippen LogP contribution in [0.1, 0.15) is 135 Å². The largest absolute Gasteiger partial charge is 0.466 e. The summed E-state index contributed by atoms with van der Waals surface area (Å²) in [6.07, 6.45) is 18.9. The molecule has 0 aliphatic carbocycles. The van der Waals surface area contributed by atoms with Gasteiger partial charge in [0.05, 0.1) is 13.2 Å². The molecule has 0 bridgehead atoms. The molecule has 0 saturated carbocycles. The molecule has 0 aromatic heterocycles. The van der Waals surface area contributed by atoms with Gasteiger partial charge in [-0.1, -0.05) is 115 Å². The maximum Gasteiger partial charge on any atom is 0.305 e. The topological polar surface area (TPSA) is 52.6 Å². The molecule has 0 fully saturated rings. The predicted molar refractivity (Wildman–Crippen MR) is 150 cm³/mol. The minimum absolute atomic E-state index is 0.0412. The lowest BCUT2D eigenvalue weighted by Crippen LogP contribution is -2.10. The van der Waals surface area contributed by atoms with Crippen LogP contribution in [0.4, 0.5) is 0 Å². The Morgan fingerprint density at radius 3 is 1.94 bits per heavy atom. The molecule has 36 heavy (non-hydrogen) atoms. The number of hydrogen-bond acceptors (Lipinski definition) is 4. The Labute approximate surface area is 221 Å². The van der Waals surface area contributed by atoms with E-state index in [-0.39, 0.29) is 5.97 Å². The van der Waals surface area contributed by atoms with E-state index in [0.717, 1.165) is 44.9 Å². The summed E-state index contributed by atoms with van der Waals surface area (Å²) >= 11 is 0. The maximum atomic E-state index is 12.1. The standard InChI is InChI=1S/C32H54O4/c1-3-5-11-18-29(19-12-6-4-2)25-27-36-32(34)24-16-9-7-8-15-22-31(33)23-17-26-35-28-30-20-13-10-14-21-30/h10,13-14,20-21,29H,3-9,11-12,15-19,22-28H2,1-2H3. The van der Waals surface area contributed by atoms with Crippen molar-refractivity contribution in [3.8, 4) is 0 Å². The van der Waals surface area contributed by atoms with Crippen molar-refractivity contribution in [1.82, 2.24) is 0 Å². The summed E-state index contributed by atoms with van der Waals surface area (Å²) in [7, 11) is 0. The van der Waals surface area contributed by atoms with Crippen molar-refractivity contribution in [2.24, 2.45) is 5.92 Å². The Morgan fingerprint density at radius 2 is 1.28 bits per heavy atom. The van der Waals surface area contributed by atoms with E-state index >= 15 is 0 Å². The number of hydrogen-bond donors (Lipinski definition) is 0. The average molecular weight is 503 g/mol. The third-order valence-electron chi connectivity index (χ3n) is 6.91. The summed E-state index contributed by atoms with van der Waals surface area (Å²) in [6.45, 7) is 6.33. The molecule has 0 heterocycles. The van der Waals surface area contributed by atoms with E-state index < -0.39 is 0 Å². The van der Waals surface area contributed by atoms with Crippen LogP contribution in [0, 0.1) is 5.92 Å². The van der Waals surface area contributed by atoms with Crippen molar-refractivity contribution in [2.45, 2.75) is 136 Å². The van der Waals surface area contributed by atoms with Gasteiger partial charge >= 0.3 is 5.97 Å². The SMILES string of the molecule is CCCCCC(CCCCC)CCOC(=O)CCCCCCCC(=O)CCCOCc1ccccc1. The lowest BCUT2D eigenvalue weighted by molar-refractivity contribution is -0.144. The number of benzene rings is 1. The number of carbonyl (C=O) groups excluding carboxylic acids is 2. The van der Waals surface area contributed by atoms with Crippen LogP contribution in [0.3, 0.4) is 0 Å². The molecular weight excluding hydrogens is 448 g/mol. The highest BCUT2D eigenvalue weighted by Crippen LogP contribution is 2.21. The molecule has 1 aromatic carbocycles. The molecule has 0 radical (unpaired) electrons. The second-order valence-electron chi connectivity index (χ2n) is 10.3. The summed E-state index contributed by atoms with van der Waals surface area (Å²) in [5.74, 6) is 1.01. The summed E-state index contributed by atoms with van der Waals surface area (Å²) in [4.78, 5) is 24.1. The highest BCUT2D eigenvalue weighted by molar-refractivity contribution is 5.78. The van der Waals surface area contributed by atoms with Gasteiger partial charge in [-0.15, -0.1) is 0 Å². The molecule has 0 saturated heterocycles. The van der Waals surface area contributed by atoms with Crippen molar-refractivity contribution >= 4 is 11.8 Å². The Morgan fingerprint density at radius 1 is 0.667 bits per heavy atom. The lowest BCUT2D eigenvalue weighted by Gasteiger charge is -2.16. The fourth-order valence-corrected chi connectivity index (χ4v) is 4.59. The Kier molecular flexibility index (Phi) is 21.3. The minimum atomic E-state index is -0.0412. The summed E-state index contributed by atoms with van der Waals surface area (Å²) in [5.41, 5.74) is 1.17. The number of ether oxygens (including phenoxy) is 2. The van der Waals surface area contributed by atoms with Gasteiger partial charge in [-0.05, 0) is 37.2 Å². The van der Waals surface area contributed by atoms with E-state index in [0.29, 0.717) is 50.8 Å². The van der Waals surface area contributed by atoms with Crippen LogP contribution < -0.4 is 0 Å².